The van der Waals surface area contributed by atoms with Gasteiger partial charge >= 0.3 is 5.97 Å². The number of likely N-dealkylation sites (N-methyl/N-ethyl adjacent to an activating group) is 1. The molecule has 1 aromatic rings. The minimum Gasteiger partial charge on any atom is -0.465 e. The van der Waals surface area contributed by atoms with E-state index in [1.54, 1.807) is 38.2 Å². The van der Waals surface area contributed by atoms with Gasteiger partial charge in [0.15, 0.2) is 0 Å². The lowest BCUT2D eigenvalue weighted by molar-refractivity contribution is -0.143. The number of ether oxygens (including phenoxy) is 1. The molecule has 0 saturated carbocycles. The van der Waals surface area contributed by atoms with E-state index in [9.17, 15) is 9.59 Å². The van der Waals surface area contributed by atoms with Crippen LogP contribution < -0.4 is 0 Å². The summed E-state index contributed by atoms with van der Waals surface area (Å²) in [6, 6.07) is 9.66. The van der Waals surface area contributed by atoms with Crippen molar-refractivity contribution in [3.63, 3.8) is 0 Å². The molecule has 0 bridgehead atoms. The minimum absolute atomic E-state index is 0.0462. The van der Waals surface area contributed by atoms with E-state index in [0.29, 0.717) is 12.2 Å². The van der Waals surface area contributed by atoms with Crippen LogP contribution in [-0.4, -0.2) is 37.0 Å². The van der Waals surface area contributed by atoms with Crippen molar-refractivity contribution in [3.8, 4) is 0 Å². The van der Waals surface area contributed by atoms with Gasteiger partial charge in [0.2, 0.25) is 0 Å². The third-order valence-corrected chi connectivity index (χ3v) is 1.96. The topological polar surface area (TPSA) is 46.6 Å². The maximum Gasteiger partial charge on any atom is 0.325 e. The number of carbonyl (C=O) groups excluding carboxylic acids is 2. The monoisotopic (exact) mass is 220 g/mol. The SMILES string of the molecule is CCOC(=O)CN(C)C(=O)c1[c]cccc1. The van der Waals surface area contributed by atoms with Gasteiger partial charge in [-0.25, -0.2) is 0 Å². The Morgan fingerprint density at radius 3 is 2.75 bits per heavy atom. The summed E-state index contributed by atoms with van der Waals surface area (Å²) in [5.41, 5.74) is 0.439. The molecular weight excluding hydrogens is 206 g/mol. The second-order valence-corrected chi connectivity index (χ2v) is 3.24. The van der Waals surface area contributed by atoms with Gasteiger partial charge in [-0.1, -0.05) is 18.2 Å². The summed E-state index contributed by atoms with van der Waals surface area (Å²) in [4.78, 5) is 24.2. The zero-order valence-corrected chi connectivity index (χ0v) is 9.40. The first-order valence-electron chi connectivity index (χ1n) is 5.03. The molecule has 0 spiro atoms. The third kappa shape index (κ3) is 3.38. The summed E-state index contributed by atoms with van der Waals surface area (Å²) in [6.45, 7) is 2.00. The molecular formula is C12H14NO3. The number of benzene rings is 1. The van der Waals surface area contributed by atoms with Crippen molar-refractivity contribution in [2.75, 3.05) is 20.2 Å². The lowest BCUT2D eigenvalue weighted by Crippen LogP contribution is -2.33. The summed E-state index contributed by atoms with van der Waals surface area (Å²) in [7, 11) is 1.56. The standard InChI is InChI=1S/C12H14NO3/c1-3-16-11(14)9-13(2)12(15)10-7-5-4-6-8-10/h4-7H,3,9H2,1-2H3. The van der Waals surface area contributed by atoms with Crippen LogP contribution in [0.15, 0.2) is 24.3 Å². The average molecular weight is 220 g/mol. The Morgan fingerprint density at radius 1 is 1.44 bits per heavy atom. The molecule has 1 rings (SSSR count). The van der Waals surface area contributed by atoms with Crippen molar-refractivity contribution in [1.82, 2.24) is 4.90 Å². The highest BCUT2D eigenvalue weighted by Gasteiger charge is 2.14. The van der Waals surface area contributed by atoms with E-state index in [-0.39, 0.29) is 12.5 Å². The molecule has 0 N–H and O–H groups in total. The molecule has 4 heteroatoms. The van der Waals surface area contributed by atoms with Gasteiger partial charge in [-0.05, 0) is 19.1 Å². The fourth-order valence-corrected chi connectivity index (χ4v) is 1.20. The van der Waals surface area contributed by atoms with Crippen molar-refractivity contribution in [2.45, 2.75) is 6.92 Å². The average Bonchev–Trinajstić information content (AvgIpc) is 2.29. The zero-order valence-electron chi connectivity index (χ0n) is 9.40. The third-order valence-electron chi connectivity index (χ3n) is 1.96. The quantitative estimate of drug-likeness (QED) is 0.714. The first kappa shape index (κ1) is 12.2. The highest BCUT2D eigenvalue weighted by Crippen LogP contribution is 2.02. The predicted octanol–water partition coefficient (Wildman–Crippen LogP) is 1.12. The number of hydrogen-bond donors (Lipinski definition) is 0. The highest BCUT2D eigenvalue weighted by atomic mass is 16.5. The van der Waals surface area contributed by atoms with Crippen molar-refractivity contribution in [1.29, 1.82) is 0 Å². The molecule has 0 heterocycles. The van der Waals surface area contributed by atoms with E-state index in [1.807, 2.05) is 0 Å². The molecule has 1 amide bonds. The van der Waals surface area contributed by atoms with Gasteiger partial charge in [0.05, 0.1) is 6.61 Å². The summed E-state index contributed by atoms with van der Waals surface area (Å²) >= 11 is 0. The number of rotatable bonds is 4. The van der Waals surface area contributed by atoms with Crippen molar-refractivity contribution >= 4 is 11.9 Å². The molecule has 0 aliphatic heterocycles. The Bertz CT molecular complexity index is 362. The predicted molar refractivity (Wildman–Crippen MR) is 58.9 cm³/mol. The maximum atomic E-state index is 11.8. The van der Waals surface area contributed by atoms with Crippen molar-refractivity contribution < 1.29 is 14.3 Å². The fourth-order valence-electron chi connectivity index (χ4n) is 1.20. The molecule has 4 nitrogen and oxygen atoms in total. The summed E-state index contributed by atoms with van der Waals surface area (Å²) in [6.07, 6.45) is 0. The largest absolute Gasteiger partial charge is 0.465 e. The van der Waals surface area contributed by atoms with Gasteiger partial charge in [-0.2, -0.15) is 0 Å². The van der Waals surface area contributed by atoms with E-state index in [2.05, 4.69) is 6.07 Å². The van der Waals surface area contributed by atoms with Crippen LogP contribution in [0.25, 0.3) is 0 Å². The normalized spacial score (nSPS) is 9.62. The van der Waals surface area contributed by atoms with Gasteiger partial charge in [-0.15, -0.1) is 0 Å². The molecule has 0 unspecified atom stereocenters. The first-order valence-corrected chi connectivity index (χ1v) is 5.03. The van der Waals surface area contributed by atoms with Gasteiger partial charge < -0.3 is 9.64 Å². The number of esters is 1. The Hall–Kier alpha value is -1.84. The Labute approximate surface area is 94.8 Å². The first-order chi connectivity index (χ1) is 7.65. The molecule has 0 atom stereocenters. The fraction of sp³-hybridized carbons (Fsp3) is 0.333. The minimum atomic E-state index is -0.408. The molecule has 0 aliphatic rings. The van der Waals surface area contributed by atoms with Crippen LogP contribution in [0.3, 0.4) is 0 Å². The molecule has 0 fully saturated rings. The zero-order chi connectivity index (χ0) is 12.0. The molecule has 0 saturated heterocycles. The number of carbonyl (C=O) groups is 2. The molecule has 0 aromatic heterocycles. The van der Waals surface area contributed by atoms with Gasteiger partial charge in [0.1, 0.15) is 6.54 Å². The molecule has 1 radical (unpaired) electrons. The van der Waals surface area contributed by atoms with E-state index < -0.39 is 5.97 Å². The molecule has 16 heavy (non-hydrogen) atoms. The van der Waals surface area contributed by atoms with E-state index >= 15 is 0 Å². The molecule has 0 aliphatic carbocycles. The van der Waals surface area contributed by atoms with Gasteiger partial charge in [0.25, 0.3) is 5.91 Å². The van der Waals surface area contributed by atoms with E-state index in [0.717, 1.165) is 0 Å². The molecule has 85 valence electrons. The van der Waals surface area contributed by atoms with Crippen molar-refractivity contribution in [2.24, 2.45) is 0 Å². The lowest BCUT2D eigenvalue weighted by atomic mass is 10.2. The van der Waals surface area contributed by atoms with Gasteiger partial charge in [0, 0.05) is 12.6 Å². The van der Waals surface area contributed by atoms with Crippen LogP contribution in [0.1, 0.15) is 17.3 Å². The van der Waals surface area contributed by atoms with Crippen LogP contribution in [0, 0.1) is 6.07 Å². The Balaban J connectivity index is 2.58. The second-order valence-electron chi connectivity index (χ2n) is 3.24. The summed E-state index contributed by atoms with van der Waals surface area (Å²) in [5.74, 6) is -0.650. The second kappa shape index (κ2) is 5.90. The number of nitrogens with zero attached hydrogens (tertiary/aromatic N) is 1. The summed E-state index contributed by atoms with van der Waals surface area (Å²) in [5, 5.41) is 0. The Kier molecular flexibility index (Phi) is 4.51. The Morgan fingerprint density at radius 2 is 2.19 bits per heavy atom. The number of amides is 1. The maximum absolute atomic E-state index is 11.8. The van der Waals surface area contributed by atoms with Gasteiger partial charge in [-0.3, -0.25) is 9.59 Å². The van der Waals surface area contributed by atoms with Crippen LogP contribution in [-0.2, 0) is 9.53 Å². The van der Waals surface area contributed by atoms with E-state index in [1.165, 1.54) is 4.90 Å². The van der Waals surface area contributed by atoms with Crippen molar-refractivity contribution in [3.05, 3.63) is 35.9 Å². The smallest absolute Gasteiger partial charge is 0.325 e. The number of hydrogen-bond acceptors (Lipinski definition) is 3. The summed E-state index contributed by atoms with van der Waals surface area (Å²) < 4.78 is 4.76. The van der Waals surface area contributed by atoms with Crippen LogP contribution in [0.5, 0.6) is 0 Å². The lowest BCUT2D eigenvalue weighted by Gasteiger charge is -2.15. The van der Waals surface area contributed by atoms with Crippen LogP contribution >= 0.6 is 0 Å². The highest BCUT2D eigenvalue weighted by molar-refractivity contribution is 5.95. The van der Waals surface area contributed by atoms with E-state index in [4.69, 9.17) is 4.74 Å². The molecule has 1 aromatic carbocycles. The van der Waals surface area contributed by atoms with Crippen LogP contribution in [0.2, 0.25) is 0 Å². The van der Waals surface area contributed by atoms with Crippen LogP contribution in [0.4, 0.5) is 0 Å².